The molecule has 0 radical (unpaired) electrons. The van der Waals surface area contributed by atoms with Crippen molar-refractivity contribution in [1.29, 1.82) is 0 Å². The Morgan fingerprint density at radius 3 is 2.21 bits per heavy atom. The van der Waals surface area contributed by atoms with Crippen LogP contribution in [0.1, 0.15) is 36.3 Å². The Hall–Kier alpha value is -2.13. The Morgan fingerprint density at radius 1 is 1.06 bits per heavy atom. The molecule has 1 saturated heterocycles. The van der Waals surface area contributed by atoms with E-state index in [1.807, 2.05) is 21.1 Å². The number of rotatable bonds is 9. The minimum Gasteiger partial charge on any atom is -0.356 e. The number of nitrogens with one attached hydrogen (secondary N) is 2. The van der Waals surface area contributed by atoms with Crippen molar-refractivity contribution in [3.63, 3.8) is 0 Å². The molecule has 3 rings (SSSR count). The lowest BCUT2D eigenvalue weighted by Gasteiger charge is -2.26. The van der Waals surface area contributed by atoms with Crippen LogP contribution in [0.2, 0.25) is 0 Å². The van der Waals surface area contributed by atoms with E-state index in [0.29, 0.717) is 0 Å². The van der Waals surface area contributed by atoms with Gasteiger partial charge in [-0.2, -0.15) is 0 Å². The lowest BCUT2D eigenvalue weighted by atomic mass is 9.91. The number of halogens is 1. The number of amides is 1. The number of aliphatic imine (C=N–C) groups is 1. The number of hydrogen-bond acceptors (Lipinski definition) is 3. The molecule has 0 bridgehead atoms. The molecule has 0 saturated carbocycles. The molecule has 1 aliphatic rings. The monoisotopic (exact) mass is 563 g/mol. The second-order valence-corrected chi connectivity index (χ2v) is 8.53. The van der Waals surface area contributed by atoms with Crippen LogP contribution in [0.15, 0.2) is 65.7 Å². The molecule has 2 N–H and O–H groups in total. The van der Waals surface area contributed by atoms with Gasteiger partial charge in [0.1, 0.15) is 0 Å². The normalized spacial score (nSPS) is 16.4. The molecule has 1 atom stereocenters. The van der Waals surface area contributed by atoms with Gasteiger partial charge in [-0.15, -0.1) is 24.0 Å². The van der Waals surface area contributed by atoms with Crippen molar-refractivity contribution in [2.24, 2.45) is 4.99 Å². The van der Waals surface area contributed by atoms with E-state index in [-0.39, 0.29) is 41.8 Å². The molecule has 2 aromatic rings. The van der Waals surface area contributed by atoms with Gasteiger partial charge >= 0.3 is 0 Å². The van der Waals surface area contributed by atoms with Gasteiger partial charge in [-0.1, -0.05) is 60.7 Å². The summed E-state index contributed by atoms with van der Waals surface area (Å²) < 4.78 is 0. The zero-order valence-electron chi connectivity index (χ0n) is 20.0. The van der Waals surface area contributed by atoms with Crippen LogP contribution in [-0.4, -0.2) is 75.0 Å². The molecule has 0 aliphatic carbocycles. The quantitative estimate of drug-likeness (QED) is 0.212. The fraction of sp³-hybridized carbons (Fsp3) is 0.462. The van der Waals surface area contributed by atoms with E-state index < -0.39 is 0 Å². The molecule has 1 fully saturated rings. The van der Waals surface area contributed by atoms with E-state index in [0.717, 1.165) is 51.4 Å². The summed E-state index contributed by atoms with van der Waals surface area (Å²) in [4.78, 5) is 20.8. The summed E-state index contributed by atoms with van der Waals surface area (Å²) in [6.45, 7) is 3.51. The molecule has 33 heavy (non-hydrogen) atoms. The Balaban J connectivity index is 0.00000385. The predicted octanol–water partition coefficient (Wildman–Crippen LogP) is 3.54. The fourth-order valence-corrected chi connectivity index (χ4v) is 4.38. The standard InChI is InChI=1S/C26H37N5O.HI/c1-27-26(28-17-11-19-31-18-10-16-24(31)25(32)30(2)3)29-20-23(21-12-6-4-7-13-21)22-14-8-5-9-15-22;/h4-9,12-15,23-24H,10-11,16-20H2,1-3H3,(H2,27,28,29);1H. The van der Waals surface area contributed by atoms with E-state index >= 15 is 0 Å². The minimum absolute atomic E-state index is 0. The lowest BCUT2D eigenvalue weighted by molar-refractivity contribution is -0.133. The van der Waals surface area contributed by atoms with Crippen LogP contribution in [0, 0.1) is 0 Å². The van der Waals surface area contributed by atoms with Crippen molar-refractivity contribution < 1.29 is 4.79 Å². The van der Waals surface area contributed by atoms with Gasteiger partial charge in [-0.25, -0.2) is 0 Å². The lowest BCUT2D eigenvalue weighted by Crippen LogP contribution is -2.44. The van der Waals surface area contributed by atoms with Crippen molar-refractivity contribution in [2.75, 3.05) is 47.3 Å². The SMILES string of the molecule is CN=C(NCCCN1CCCC1C(=O)N(C)C)NCC(c1ccccc1)c1ccccc1.I. The summed E-state index contributed by atoms with van der Waals surface area (Å²) in [5.74, 6) is 1.28. The first-order valence-electron chi connectivity index (χ1n) is 11.6. The first-order valence-corrected chi connectivity index (χ1v) is 11.6. The highest BCUT2D eigenvalue weighted by atomic mass is 127. The van der Waals surface area contributed by atoms with E-state index in [2.05, 4.69) is 81.2 Å². The molecule has 1 unspecified atom stereocenters. The van der Waals surface area contributed by atoms with Crippen molar-refractivity contribution in [3.8, 4) is 0 Å². The Labute approximate surface area is 215 Å². The van der Waals surface area contributed by atoms with E-state index in [1.165, 1.54) is 11.1 Å². The Morgan fingerprint density at radius 2 is 1.67 bits per heavy atom. The molecular weight excluding hydrogens is 525 g/mol. The average Bonchev–Trinajstić information content (AvgIpc) is 3.29. The maximum absolute atomic E-state index is 12.4. The number of carbonyl (C=O) groups is 1. The van der Waals surface area contributed by atoms with Gasteiger partial charge in [0, 0.05) is 46.7 Å². The number of likely N-dealkylation sites (tertiary alicyclic amines) is 1. The van der Waals surface area contributed by atoms with E-state index in [9.17, 15) is 4.79 Å². The summed E-state index contributed by atoms with van der Waals surface area (Å²) in [5, 5.41) is 6.94. The van der Waals surface area contributed by atoms with Gasteiger partial charge in [0.05, 0.1) is 6.04 Å². The molecule has 2 aromatic carbocycles. The van der Waals surface area contributed by atoms with Gasteiger partial charge in [0.15, 0.2) is 5.96 Å². The number of likely N-dealkylation sites (N-methyl/N-ethyl adjacent to an activating group) is 1. The van der Waals surface area contributed by atoms with Crippen molar-refractivity contribution in [2.45, 2.75) is 31.2 Å². The van der Waals surface area contributed by atoms with Crippen molar-refractivity contribution >= 4 is 35.8 Å². The largest absolute Gasteiger partial charge is 0.356 e. The molecule has 6 nitrogen and oxygen atoms in total. The molecule has 180 valence electrons. The fourth-order valence-electron chi connectivity index (χ4n) is 4.38. The minimum atomic E-state index is 0. The van der Waals surface area contributed by atoms with Crippen molar-refractivity contribution in [3.05, 3.63) is 71.8 Å². The molecule has 7 heteroatoms. The smallest absolute Gasteiger partial charge is 0.239 e. The third-order valence-corrected chi connectivity index (χ3v) is 6.11. The van der Waals surface area contributed by atoms with E-state index in [1.54, 1.807) is 4.90 Å². The summed E-state index contributed by atoms with van der Waals surface area (Å²) in [7, 11) is 5.49. The maximum atomic E-state index is 12.4. The maximum Gasteiger partial charge on any atom is 0.239 e. The summed E-state index contributed by atoms with van der Waals surface area (Å²) in [6.07, 6.45) is 3.04. The van der Waals surface area contributed by atoms with Gasteiger partial charge in [0.25, 0.3) is 0 Å². The highest BCUT2D eigenvalue weighted by molar-refractivity contribution is 14.0. The van der Waals surface area contributed by atoms with E-state index in [4.69, 9.17) is 0 Å². The van der Waals surface area contributed by atoms with Crippen LogP contribution >= 0.6 is 24.0 Å². The summed E-state index contributed by atoms with van der Waals surface area (Å²) in [5.41, 5.74) is 2.57. The van der Waals surface area contributed by atoms with Crippen LogP contribution in [0.3, 0.4) is 0 Å². The first-order chi connectivity index (χ1) is 15.6. The van der Waals surface area contributed by atoms with Crippen LogP contribution in [0.5, 0.6) is 0 Å². The molecule has 1 heterocycles. The second kappa shape index (κ2) is 14.2. The van der Waals surface area contributed by atoms with Gasteiger partial charge in [-0.3, -0.25) is 14.7 Å². The number of hydrogen-bond donors (Lipinski definition) is 2. The first kappa shape index (κ1) is 27.1. The summed E-state index contributed by atoms with van der Waals surface area (Å²) >= 11 is 0. The number of carbonyl (C=O) groups excluding carboxylic acids is 1. The van der Waals surface area contributed by atoms with Crippen molar-refractivity contribution in [1.82, 2.24) is 20.4 Å². The Bertz CT molecular complexity index is 820. The van der Waals surface area contributed by atoms with Crippen LogP contribution in [-0.2, 0) is 4.79 Å². The topological polar surface area (TPSA) is 60.0 Å². The summed E-state index contributed by atoms with van der Waals surface area (Å²) in [6, 6.07) is 21.2. The Kier molecular flexibility index (Phi) is 11.7. The van der Waals surface area contributed by atoms with Crippen LogP contribution in [0.4, 0.5) is 0 Å². The third-order valence-electron chi connectivity index (χ3n) is 6.11. The van der Waals surface area contributed by atoms with Crippen LogP contribution in [0.25, 0.3) is 0 Å². The zero-order chi connectivity index (χ0) is 22.8. The van der Waals surface area contributed by atoms with Crippen LogP contribution < -0.4 is 10.6 Å². The van der Waals surface area contributed by atoms with Gasteiger partial charge < -0.3 is 15.5 Å². The highest BCUT2D eigenvalue weighted by Crippen LogP contribution is 2.23. The molecule has 1 aliphatic heterocycles. The molecular formula is C26H38IN5O. The number of benzene rings is 2. The zero-order valence-corrected chi connectivity index (χ0v) is 22.4. The molecule has 1 amide bonds. The van der Waals surface area contributed by atoms with Gasteiger partial charge in [-0.05, 0) is 36.9 Å². The number of guanidine groups is 1. The highest BCUT2D eigenvalue weighted by Gasteiger charge is 2.30. The third kappa shape index (κ3) is 7.99. The predicted molar refractivity (Wildman–Crippen MR) is 147 cm³/mol. The number of nitrogens with zero attached hydrogens (tertiary/aromatic N) is 3. The average molecular weight is 564 g/mol. The second-order valence-electron chi connectivity index (χ2n) is 8.53. The van der Waals surface area contributed by atoms with Gasteiger partial charge in [0.2, 0.25) is 5.91 Å². The molecule has 0 aromatic heterocycles. The molecule has 0 spiro atoms.